The fourth-order valence-corrected chi connectivity index (χ4v) is 2.73. The van der Waals surface area contributed by atoms with Crippen molar-refractivity contribution >= 4 is 29.5 Å². The predicted octanol–water partition coefficient (Wildman–Crippen LogP) is 1.38. The number of rotatable bonds is 7. The zero-order valence-electron chi connectivity index (χ0n) is 15.6. The van der Waals surface area contributed by atoms with E-state index in [-0.39, 0.29) is 18.9 Å². The summed E-state index contributed by atoms with van der Waals surface area (Å²) in [6, 6.07) is 6.97. The van der Waals surface area contributed by atoms with E-state index >= 15 is 0 Å². The molecule has 1 aromatic rings. The molecule has 0 unspecified atom stereocenters. The molecule has 0 radical (unpaired) electrons. The number of carbonyl (C=O) groups excluding carboxylic acids is 4. The molecule has 27 heavy (non-hydrogen) atoms. The first-order valence-electron chi connectivity index (χ1n) is 9.08. The van der Waals surface area contributed by atoms with E-state index in [2.05, 4.69) is 10.6 Å². The van der Waals surface area contributed by atoms with Crippen LogP contribution in [0.5, 0.6) is 0 Å². The largest absolute Gasteiger partial charge is 0.455 e. The Kier molecular flexibility index (Phi) is 7.34. The fourth-order valence-electron chi connectivity index (χ4n) is 2.73. The van der Waals surface area contributed by atoms with Crippen molar-refractivity contribution < 1.29 is 23.9 Å². The highest BCUT2D eigenvalue weighted by Gasteiger charge is 2.36. The molecule has 0 bridgehead atoms. The summed E-state index contributed by atoms with van der Waals surface area (Å²) >= 11 is 0. The van der Waals surface area contributed by atoms with Crippen molar-refractivity contribution in [3.8, 4) is 0 Å². The number of amides is 4. The number of esters is 1. The predicted molar refractivity (Wildman–Crippen MR) is 99.1 cm³/mol. The van der Waals surface area contributed by atoms with Gasteiger partial charge >= 0.3 is 12.0 Å². The van der Waals surface area contributed by atoms with Gasteiger partial charge in [-0.2, -0.15) is 0 Å². The highest BCUT2D eigenvalue weighted by atomic mass is 16.5. The number of urea groups is 1. The maximum Gasteiger partial charge on any atom is 0.321 e. The molecule has 0 aromatic heterocycles. The second-order valence-corrected chi connectivity index (χ2v) is 6.34. The number of imide groups is 1. The summed E-state index contributed by atoms with van der Waals surface area (Å²) in [5, 5.41) is 4.55. The van der Waals surface area contributed by atoms with E-state index in [1.165, 1.54) is 0 Å². The summed E-state index contributed by atoms with van der Waals surface area (Å²) in [7, 11) is 0. The van der Waals surface area contributed by atoms with Gasteiger partial charge in [0.25, 0.3) is 5.91 Å². The first-order valence-corrected chi connectivity index (χ1v) is 9.08. The molecule has 1 aromatic carbocycles. The van der Waals surface area contributed by atoms with Crippen LogP contribution < -0.4 is 15.5 Å². The number of ether oxygens (including phenoxy) is 1. The van der Waals surface area contributed by atoms with Gasteiger partial charge in [-0.1, -0.05) is 26.0 Å². The van der Waals surface area contributed by atoms with Crippen LogP contribution in [-0.4, -0.2) is 43.5 Å². The maximum absolute atomic E-state index is 12.2. The Morgan fingerprint density at radius 3 is 2.52 bits per heavy atom. The molecular weight excluding hydrogens is 350 g/mol. The zero-order chi connectivity index (χ0) is 19.8. The van der Waals surface area contributed by atoms with E-state index < -0.39 is 30.4 Å². The van der Waals surface area contributed by atoms with Gasteiger partial charge in [0.2, 0.25) is 5.91 Å². The Morgan fingerprint density at radius 2 is 1.89 bits per heavy atom. The topological polar surface area (TPSA) is 105 Å². The van der Waals surface area contributed by atoms with Gasteiger partial charge in [-0.15, -0.1) is 0 Å². The van der Waals surface area contributed by atoms with E-state index in [9.17, 15) is 19.2 Å². The van der Waals surface area contributed by atoms with Crippen molar-refractivity contribution in [3.05, 3.63) is 29.8 Å². The van der Waals surface area contributed by atoms with E-state index in [0.29, 0.717) is 6.54 Å². The number of anilines is 1. The van der Waals surface area contributed by atoms with Crippen LogP contribution in [0.4, 0.5) is 10.5 Å². The van der Waals surface area contributed by atoms with Crippen LogP contribution in [-0.2, 0) is 25.5 Å². The van der Waals surface area contributed by atoms with Crippen LogP contribution in [0.1, 0.15) is 32.3 Å². The van der Waals surface area contributed by atoms with Gasteiger partial charge in [0, 0.05) is 25.2 Å². The molecule has 146 valence electrons. The second-order valence-electron chi connectivity index (χ2n) is 6.34. The van der Waals surface area contributed by atoms with E-state index in [4.69, 9.17) is 4.74 Å². The maximum atomic E-state index is 12.2. The standard InChI is InChI=1S/C19H25N3O5/c1-3-9-20-19(26)21-16(23)12-27-18(25)14-10-17(24)22(11-14)15-7-5-13(4-2)6-8-15/h5-8,14H,3-4,9-12H2,1-2H3,(H2,20,21,23,26)/t14-/m0/s1. The number of hydrogen-bond acceptors (Lipinski definition) is 5. The fraction of sp³-hybridized carbons (Fsp3) is 0.474. The highest BCUT2D eigenvalue weighted by molar-refractivity contribution is 6.00. The molecule has 1 aliphatic rings. The lowest BCUT2D eigenvalue weighted by Crippen LogP contribution is -2.42. The normalized spacial score (nSPS) is 16.1. The molecule has 8 heteroatoms. The third kappa shape index (κ3) is 5.80. The van der Waals surface area contributed by atoms with Crippen LogP contribution in [0, 0.1) is 5.92 Å². The number of nitrogens with zero attached hydrogens (tertiary/aromatic N) is 1. The Labute approximate surface area is 158 Å². The van der Waals surface area contributed by atoms with Crippen LogP contribution in [0.3, 0.4) is 0 Å². The molecule has 8 nitrogen and oxygen atoms in total. The summed E-state index contributed by atoms with van der Waals surface area (Å²) in [6.45, 7) is 4.02. The van der Waals surface area contributed by atoms with Gasteiger partial charge in [0.1, 0.15) is 0 Å². The van der Waals surface area contributed by atoms with Crippen molar-refractivity contribution in [1.29, 1.82) is 0 Å². The Balaban J connectivity index is 1.82. The van der Waals surface area contributed by atoms with Crippen molar-refractivity contribution in [3.63, 3.8) is 0 Å². The Bertz CT molecular complexity index is 702. The quantitative estimate of drug-likeness (QED) is 0.701. The molecule has 1 saturated heterocycles. The van der Waals surface area contributed by atoms with Gasteiger partial charge in [-0.3, -0.25) is 19.7 Å². The first-order chi connectivity index (χ1) is 12.9. The van der Waals surface area contributed by atoms with E-state index in [0.717, 1.165) is 24.1 Å². The summed E-state index contributed by atoms with van der Waals surface area (Å²) in [5.74, 6) is -2.14. The van der Waals surface area contributed by atoms with Gasteiger partial charge < -0.3 is 15.0 Å². The number of aryl methyl sites for hydroxylation is 1. The van der Waals surface area contributed by atoms with Gasteiger partial charge in [-0.05, 0) is 30.5 Å². The lowest BCUT2D eigenvalue weighted by atomic mass is 10.1. The minimum atomic E-state index is -0.715. The number of nitrogens with one attached hydrogen (secondary N) is 2. The van der Waals surface area contributed by atoms with Crippen LogP contribution in [0.15, 0.2) is 24.3 Å². The van der Waals surface area contributed by atoms with Crippen LogP contribution in [0.25, 0.3) is 0 Å². The number of benzene rings is 1. The SMILES string of the molecule is CCCNC(=O)NC(=O)COC(=O)[C@H]1CC(=O)N(c2ccc(CC)cc2)C1. The Morgan fingerprint density at radius 1 is 1.19 bits per heavy atom. The molecule has 0 aliphatic carbocycles. The third-order valence-electron chi connectivity index (χ3n) is 4.25. The molecule has 4 amide bonds. The minimum absolute atomic E-state index is 0.0347. The monoisotopic (exact) mass is 375 g/mol. The third-order valence-corrected chi connectivity index (χ3v) is 4.25. The molecule has 1 atom stereocenters. The summed E-state index contributed by atoms with van der Waals surface area (Å²) in [4.78, 5) is 48.9. The zero-order valence-corrected chi connectivity index (χ0v) is 15.6. The van der Waals surface area contributed by atoms with Crippen molar-refractivity contribution in [1.82, 2.24) is 10.6 Å². The minimum Gasteiger partial charge on any atom is -0.455 e. The Hall–Kier alpha value is -2.90. The lowest BCUT2D eigenvalue weighted by molar-refractivity contribution is -0.152. The van der Waals surface area contributed by atoms with Crippen LogP contribution in [0.2, 0.25) is 0 Å². The van der Waals surface area contributed by atoms with Gasteiger partial charge in [0.15, 0.2) is 6.61 Å². The molecule has 0 spiro atoms. The molecular formula is C19H25N3O5. The molecule has 2 rings (SSSR count). The molecule has 2 N–H and O–H groups in total. The molecule has 1 aliphatic heterocycles. The van der Waals surface area contributed by atoms with E-state index in [1.807, 2.05) is 38.1 Å². The molecule has 1 heterocycles. The van der Waals surface area contributed by atoms with Crippen molar-refractivity contribution in [2.24, 2.45) is 5.92 Å². The van der Waals surface area contributed by atoms with Crippen molar-refractivity contribution in [2.75, 3.05) is 24.6 Å². The first kappa shape index (κ1) is 20.4. The average molecular weight is 375 g/mol. The number of carbonyl (C=O) groups is 4. The summed E-state index contributed by atoms with van der Waals surface area (Å²) in [6.07, 6.45) is 1.68. The van der Waals surface area contributed by atoms with Crippen LogP contribution >= 0.6 is 0 Å². The van der Waals surface area contributed by atoms with E-state index in [1.54, 1.807) is 4.90 Å². The summed E-state index contributed by atoms with van der Waals surface area (Å²) < 4.78 is 4.95. The smallest absolute Gasteiger partial charge is 0.321 e. The van der Waals surface area contributed by atoms with Gasteiger partial charge in [-0.25, -0.2) is 4.79 Å². The second kappa shape index (κ2) is 9.70. The number of hydrogen-bond donors (Lipinski definition) is 2. The molecule has 1 fully saturated rings. The highest BCUT2D eigenvalue weighted by Crippen LogP contribution is 2.26. The summed E-state index contributed by atoms with van der Waals surface area (Å²) in [5.41, 5.74) is 1.90. The average Bonchev–Trinajstić information content (AvgIpc) is 3.06. The lowest BCUT2D eigenvalue weighted by Gasteiger charge is -2.17. The van der Waals surface area contributed by atoms with Gasteiger partial charge in [0.05, 0.1) is 5.92 Å². The molecule has 0 saturated carbocycles. The van der Waals surface area contributed by atoms with Crippen molar-refractivity contribution in [2.45, 2.75) is 33.1 Å².